The Morgan fingerprint density at radius 3 is 1.81 bits per heavy atom. The molecule has 2 atom stereocenters. The summed E-state index contributed by atoms with van der Waals surface area (Å²) in [6.07, 6.45) is 0. The number of benzene rings is 1. The first-order chi connectivity index (χ1) is 8.82. The number of amides is 1. The van der Waals surface area contributed by atoms with E-state index in [4.69, 9.17) is 10.2 Å². The third-order valence-corrected chi connectivity index (χ3v) is 2.95. The molecule has 1 aromatic rings. The molecule has 0 spiro atoms. The van der Waals surface area contributed by atoms with Crippen LogP contribution in [-0.4, -0.2) is 28.1 Å². The van der Waals surface area contributed by atoms with Crippen molar-refractivity contribution in [3.05, 3.63) is 29.8 Å². The molecule has 0 bridgehead atoms. The summed E-state index contributed by atoms with van der Waals surface area (Å²) < 4.78 is 0. The van der Waals surface area contributed by atoms with Crippen molar-refractivity contribution in [1.82, 2.24) is 0 Å². The zero-order valence-corrected chi connectivity index (χ0v) is 10.6. The van der Waals surface area contributed by atoms with Gasteiger partial charge in [0.1, 0.15) is 0 Å². The molecule has 6 nitrogen and oxygen atoms in total. The van der Waals surface area contributed by atoms with Crippen LogP contribution in [0.3, 0.4) is 0 Å². The standard InChI is InChI=1S/C13H15NO5.2CH4/c1-7(8(2)12(16)17)11(15)14-10-5-3-9(4-6-10)13(18)19;;/h3-8H,1-2H3,(H,14,15)(H,16,17)(H,18,19);2*1H4. The Morgan fingerprint density at radius 1 is 0.952 bits per heavy atom. The molecule has 2 unspecified atom stereocenters. The number of anilines is 1. The maximum Gasteiger partial charge on any atom is 0.335 e. The summed E-state index contributed by atoms with van der Waals surface area (Å²) in [5.74, 6) is -3.98. The maximum atomic E-state index is 11.8. The number of aromatic carboxylic acids is 1. The van der Waals surface area contributed by atoms with Gasteiger partial charge in [-0.25, -0.2) is 4.79 Å². The molecule has 3 N–H and O–H groups in total. The van der Waals surface area contributed by atoms with E-state index in [2.05, 4.69) is 5.32 Å². The van der Waals surface area contributed by atoms with Crippen molar-refractivity contribution in [2.24, 2.45) is 11.8 Å². The van der Waals surface area contributed by atoms with Crippen LogP contribution in [0.25, 0.3) is 0 Å². The highest BCUT2D eigenvalue weighted by Gasteiger charge is 2.25. The highest BCUT2D eigenvalue weighted by molar-refractivity contribution is 5.95. The predicted molar refractivity (Wildman–Crippen MR) is 81.5 cm³/mol. The highest BCUT2D eigenvalue weighted by Crippen LogP contribution is 2.15. The summed E-state index contributed by atoms with van der Waals surface area (Å²) in [6.45, 7) is 2.99. The van der Waals surface area contributed by atoms with E-state index in [9.17, 15) is 14.4 Å². The minimum absolute atomic E-state index is 0. The molecule has 21 heavy (non-hydrogen) atoms. The Balaban J connectivity index is 0. The fraction of sp³-hybridized carbons (Fsp3) is 0.400. The SMILES string of the molecule is C.C.CC(C(=O)O)C(C)C(=O)Nc1ccc(C(=O)O)cc1. The smallest absolute Gasteiger partial charge is 0.335 e. The summed E-state index contributed by atoms with van der Waals surface area (Å²) in [5.41, 5.74) is 0.546. The van der Waals surface area contributed by atoms with E-state index in [1.165, 1.54) is 38.1 Å². The molecule has 0 heterocycles. The van der Waals surface area contributed by atoms with Crippen LogP contribution in [0.15, 0.2) is 24.3 Å². The molecular formula is C15H23NO5. The van der Waals surface area contributed by atoms with Crippen molar-refractivity contribution >= 4 is 23.5 Å². The first-order valence-corrected chi connectivity index (χ1v) is 5.70. The van der Waals surface area contributed by atoms with E-state index < -0.39 is 29.7 Å². The molecule has 6 heteroatoms. The van der Waals surface area contributed by atoms with E-state index in [0.29, 0.717) is 5.69 Å². The van der Waals surface area contributed by atoms with Gasteiger partial charge < -0.3 is 15.5 Å². The lowest BCUT2D eigenvalue weighted by atomic mass is 9.95. The van der Waals surface area contributed by atoms with Crippen molar-refractivity contribution in [2.45, 2.75) is 28.7 Å². The van der Waals surface area contributed by atoms with Gasteiger partial charge in [0.05, 0.1) is 11.5 Å². The zero-order chi connectivity index (χ0) is 14.6. The Bertz CT molecular complexity index is 495. The van der Waals surface area contributed by atoms with Crippen LogP contribution in [0.5, 0.6) is 0 Å². The van der Waals surface area contributed by atoms with Gasteiger partial charge in [-0.15, -0.1) is 0 Å². The van der Waals surface area contributed by atoms with E-state index >= 15 is 0 Å². The summed E-state index contributed by atoms with van der Waals surface area (Å²) in [5, 5.41) is 20.1. The molecule has 0 aromatic heterocycles. The van der Waals surface area contributed by atoms with Crippen LogP contribution < -0.4 is 5.32 Å². The number of hydrogen-bond acceptors (Lipinski definition) is 3. The number of carboxylic acids is 2. The summed E-state index contributed by atoms with van der Waals surface area (Å²) in [6, 6.07) is 5.64. The lowest BCUT2D eigenvalue weighted by molar-refractivity contribution is -0.145. The Kier molecular flexibility index (Phi) is 8.71. The van der Waals surface area contributed by atoms with Crippen molar-refractivity contribution in [1.29, 1.82) is 0 Å². The van der Waals surface area contributed by atoms with Crippen LogP contribution in [0, 0.1) is 11.8 Å². The minimum atomic E-state index is -1.05. The van der Waals surface area contributed by atoms with Gasteiger partial charge in [0.15, 0.2) is 0 Å². The van der Waals surface area contributed by atoms with Crippen LogP contribution >= 0.6 is 0 Å². The van der Waals surface area contributed by atoms with Crippen LogP contribution in [0.1, 0.15) is 39.1 Å². The topological polar surface area (TPSA) is 104 Å². The quantitative estimate of drug-likeness (QED) is 0.775. The zero-order valence-electron chi connectivity index (χ0n) is 10.6. The molecule has 1 rings (SSSR count). The molecule has 0 fully saturated rings. The second-order valence-electron chi connectivity index (χ2n) is 4.29. The van der Waals surface area contributed by atoms with E-state index in [1.54, 1.807) is 0 Å². The second-order valence-corrected chi connectivity index (χ2v) is 4.29. The van der Waals surface area contributed by atoms with Crippen LogP contribution in [-0.2, 0) is 9.59 Å². The Hall–Kier alpha value is -2.37. The van der Waals surface area contributed by atoms with Gasteiger partial charge in [-0.3, -0.25) is 9.59 Å². The number of carbonyl (C=O) groups excluding carboxylic acids is 1. The summed E-state index contributed by atoms with van der Waals surface area (Å²) in [7, 11) is 0. The molecule has 1 aromatic carbocycles. The van der Waals surface area contributed by atoms with Crippen LogP contribution in [0.4, 0.5) is 5.69 Å². The van der Waals surface area contributed by atoms with Gasteiger partial charge in [-0.05, 0) is 24.3 Å². The average Bonchev–Trinajstić information content (AvgIpc) is 2.37. The number of hydrogen-bond donors (Lipinski definition) is 3. The van der Waals surface area contributed by atoms with E-state index in [-0.39, 0.29) is 20.4 Å². The third-order valence-electron chi connectivity index (χ3n) is 2.95. The monoisotopic (exact) mass is 297 g/mol. The van der Waals surface area contributed by atoms with Gasteiger partial charge in [0.2, 0.25) is 5.91 Å². The average molecular weight is 297 g/mol. The lowest BCUT2D eigenvalue weighted by Gasteiger charge is -2.15. The van der Waals surface area contributed by atoms with Crippen molar-refractivity contribution in [2.75, 3.05) is 5.32 Å². The number of carboxylic acid groups (broad SMARTS) is 2. The van der Waals surface area contributed by atoms with Gasteiger partial charge in [-0.2, -0.15) is 0 Å². The number of nitrogens with one attached hydrogen (secondary N) is 1. The fourth-order valence-electron chi connectivity index (χ4n) is 1.39. The van der Waals surface area contributed by atoms with Crippen LogP contribution in [0.2, 0.25) is 0 Å². The maximum absolute atomic E-state index is 11.8. The van der Waals surface area contributed by atoms with Gasteiger partial charge in [-0.1, -0.05) is 28.7 Å². The molecule has 0 saturated carbocycles. The molecule has 0 saturated heterocycles. The van der Waals surface area contributed by atoms with E-state index in [0.717, 1.165) is 0 Å². The minimum Gasteiger partial charge on any atom is -0.481 e. The number of carbonyl (C=O) groups is 3. The number of aliphatic carboxylic acids is 1. The molecule has 1 amide bonds. The van der Waals surface area contributed by atoms with Gasteiger partial charge in [0, 0.05) is 11.6 Å². The highest BCUT2D eigenvalue weighted by atomic mass is 16.4. The molecule has 0 aliphatic heterocycles. The van der Waals surface area contributed by atoms with E-state index in [1.807, 2.05) is 0 Å². The van der Waals surface area contributed by atoms with Crippen molar-refractivity contribution in [3.63, 3.8) is 0 Å². The Labute approximate surface area is 124 Å². The fourth-order valence-corrected chi connectivity index (χ4v) is 1.39. The lowest BCUT2D eigenvalue weighted by Crippen LogP contribution is -2.29. The van der Waals surface area contributed by atoms with Gasteiger partial charge >= 0.3 is 11.9 Å². The first-order valence-electron chi connectivity index (χ1n) is 5.70. The second kappa shape index (κ2) is 8.73. The molecule has 0 radical (unpaired) electrons. The Morgan fingerprint density at radius 2 is 1.43 bits per heavy atom. The normalized spacial score (nSPS) is 12.1. The molecular weight excluding hydrogens is 274 g/mol. The summed E-state index contributed by atoms with van der Waals surface area (Å²) >= 11 is 0. The summed E-state index contributed by atoms with van der Waals surface area (Å²) in [4.78, 5) is 33.2. The molecule has 0 aliphatic rings. The first kappa shape index (κ1) is 20.9. The predicted octanol–water partition coefficient (Wildman–Crippen LogP) is 2.95. The van der Waals surface area contributed by atoms with Crippen molar-refractivity contribution < 1.29 is 24.6 Å². The molecule has 118 valence electrons. The molecule has 0 aliphatic carbocycles. The number of rotatable bonds is 5. The largest absolute Gasteiger partial charge is 0.481 e. The third kappa shape index (κ3) is 5.64. The van der Waals surface area contributed by atoms with Crippen molar-refractivity contribution in [3.8, 4) is 0 Å². The van der Waals surface area contributed by atoms with Gasteiger partial charge in [0.25, 0.3) is 0 Å².